The number of phenols is 1. The van der Waals surface area contributed by atoms with E-state index in [2.05, 4.69) is 5.32 Å². The van der Waals surface area contributed by atoms with Gasteiger partial charge in [-0.3, -0.25) is 9.69 Å². The standard InChI is InChI=1S/C16H25N3O4/c1-18(9-10-20)15(16(22)19-7-5-17-6-8-19)12-3-4-14(23-2)13(21)11-12/h3-4,11,15,17,20-21H,5-10H2,1-2H3. The van der Waals surface area contributed by atoms with Gasteiger partial charge >= 0.3 is 0 Å². The third-order valence-corrected chi connectivity index (χ3v) is 4.07. The zero-order valence-corrected chi connectivity index (χ0v) is 13.7. The normalized spacial score (nSPS) is 16.4. The molecule has 2 rings (SSSR count). The smallest absolute Gasteiger partial charge is 0.244 e. The molecule has 0 aromatic heterocycles. The largest absolute Gasteiger partial charge is 0.504 e. The molecular weight excluding hydrogens is 298 g/mol. The molecule has 7 heteroatoms. The highest BCUT2D eigenvalue weighted by molar-refractivity contribution is 5.83. The summed E-state index contributed by atoms with van der Waals surface area (Å²) in [4.78, 5) is 16.6. The number of amides is 1. The number of aromatic hydroxyl groups is 1. The van der Waals surface area contributed by atoms with E-state index in [0.29, 0.717) is 30.9 Å². The van der Waals surface area contributed by atoms with Gasteiger partial charge in [-0.15, -0.1) is 0 Å². The average molecular weight is 323 g/mol. The number of benzene rings is 1. The average Bonchev–Trinajstić information content (AvgIpc) is 2.56. The minimum absolute atomic E-state index is 0.000472. The Kier molecular flexibility index (Phi) is 6.20. The van der Waals surface area contributed by atoms with Gasteiger partial charge in [0.15, 0.2) is 11.5 Å². The maximum absolute atomic E-state index is 12.9. The van der Waals surface area contributed by atoms with E-state index >= 15 is 0 Å². The number of piperazine rings is 1. The van der Waals surface area contributed by atoms with E-state index in [-0.39, 0.29) is 18.3 Å². The van der Waals surface area contributed by atoms with Crippen LogP contribution in [0.5, 0.6) is 11.5 Å². The van der Waals surface area contributed by atoms with Crippen molar-refractivity contribution >= 4 is 5.91 Å². The highest BCUT2D eigenvalue weighted by atomic mass is 16.5. The van der Waals surface area contributed by atoms with Crippen LogP contribution in [0.3, 0.4) is 0 Å². The van der Waals surface area contributed by atoms with Crippen molar-refractivity contribution in [3.05, 3.63) is 23.8 Å². The summed E-state index contributed by atoms with van der Waals surface area (Å²) in [6.07, 6.45) is 0. The van der Waals surface area contributed by atoms with Crippen LogP contribution in [-0.4, -0.2) is 79.4 Å². The summed E-state index contributed by atoms with van der Waals surface area (Å²) in [5.41, 5.74) is 0.683. The summed E-state index contributed by atoms with van der Waals surface area (Å²) < 4.78 is 5.06. The van der Waals surface area contributed by atoms with Crippen LogP contribution in [0.2, 0.25) is 0 Å². The Hall–Kier alpha value is -1.83. The van der Waals surface area contributed by atoms with Crippen molar-refractivity contribution in [1.29, 1.82) is 0 Å². The molecule has 1 aliphatic heterocycles. The second-order valence-electron chi connectivity index (χ2n) is 5.61. The third-order valence-electron chi connectivity index (χ3n) is 4.07. The van der Waals surface area contributed by atoms with Crippen LogP contribution >= 0.6 is 0 Å². The summed E-state index contributed by atoms with van der Waals surface area (Å²) >= 11 is 0. The molecule has 1 heterocycles. The van der Waals surface area contributed by atoms with E-state index < -0.39 is 6.04 Å². The third kappa shape index (κ3) is 4.13. The molecule has 1 atom stereocenters. The minimum atomic E-state index is -0.544. The maximum atomic E-state index is 12.9. The van der Waals surface area contributed by atoms with Crippen molar-refractivity contribution in [3.63, 3.8) is 0 Å². The zero-order valence-electron chi connectivity index (χ0n) is 13.7. The van der Waals surface area contributed by atoms with Gasteiger partial charge in [-0.2, -0.15) is 0 Å². The van der Waals surface area contributed by atoms with Crippen molar-refractivity contribution in [2.75, 3.05) is 53.5 Å². The summed E-state index contributed by atoms with van der Waals surface area (Å²) in [7, 11) is 3.28. The molecule has 128 valence electrons. The van der Waals surface area contributed by atoms with E-state index in [4.69, 9.17) is 4.74 Å². The van der Waals surface area contributed by atoms with E-state index in [9.17, 15) is 15.0 Å². The van der Waals surface area contributed by atoms with Crippen LogP contribution in [0, 0.1) is 0 Å². The fourth-order valence-electron chi connectivity index (χ4n) is 2.81. The van der Waals surface area contributed by atoms with Crippen molar-refractivity contribution in [3.8, 4) is 11.5 Å². The molecule has 1 aromatic carbocycles. The van der Waals surface area contributed by atoms with E-state index in [1.807, 2.05) is 4.90 Å². The molecule has 0 aliphatic carbocycles. The number of likely N-dealkylation sites (N-methyl/N-ethyl adjacent to an activating group) is 1. The number of hydrogen-bond donors (Lipinski definition) is 3. The fourth-order valence-corrected chi connectivity index (χ4v) is 2.81. The number of phenolic OH excluding ortho intramolecular Hbond substituents is 1. The van der Waals surface area contributed by atoms with Crippen LogP contribution in [0.1, 0.15) is 11.6 Å². The summed E-state index contributed by atoms with van der Waals surface area (Å²) in [6, 6.07) is 4.43. The molecule has 3 N–H and O–H groups in total. The minimum Gasteiger partial charge on any atom is -0.504 e. The maximum Gasteiger partial charge on any atom is 0.244 e. The highest BCUT2D eigenvalue weighted by Crippen LogP contribution is 2.31. The molecule has 1 saturated heterocycles. The number of ether oxygens (including phenoxy) is 1. The molecule has 0 bridgehead atoms. The van der Waals surface area contributed by atoms with Gasteiger partial charge in [-0.25, -0.2) is 0 Å². The Bertz CT molecular complexity index is 532. The first-order chi connectivity index (χ1) is 11.1. The molecule has 0 saturated carbocycles. The number of methoxy groups -OCH3 is 1. The molecule has 7 nitrogen and oxygen atoms in total. The predicted molar refractivity (Wildman–Crippen MR) is 86.6 cm³/mol. The Labute approximate surface area is 136 Å². The number of aliphatic hydroxyl groups is 1. The second-order valence-corrected chi connectivity index (χ2v) is 5.61. The SMILES string of the molecule is COc1ccc(C(C(=O)N2CCNCC2)N(C)CCO)cc1O. The number of aliphatic hydroxyl groups excluding tert-OH is 1. The molecule has 0 radical (unpaired) electrons. The van der Waals surface area contributed by atoms with Gasteiger partial charge < -0.3 is 25.2 Å². The van der Waals surface area contributed by atoms with E-state index in [1.54, 1.807) is 30.1 Å². The van der Waals surface area contributed by atoms with Crippen molar-refractivity contribution < 1.29 is 19.7 Å². The molecule has 1 fully saturated rings. The van der Waals surface area contributed by atoms with Crippen LogP contribution < -0.4 is 10.1 Å². The van der Waals surface area contributed by atoms with Gasteiger partial charge in [0.05, 0.1) is 13.7 Å². The number of hydrogen-bond acceptors (Lipinski definition) is 6. The second kappa shape index (κ2) is 8.14. The van der Waals surface area contributed by atoms with Gasteiger partial charge in [0, 0.05) is 32.7 Å². The Morgan fingerprint density at radius 3 is 2.70 bits per heavy atom. The highest BCUT2D eigenvalue weighted by Gasteiger charge is 2.30. The number of rotatable bonds is 6. The number of nitrogens with one attached hydrogen (secondary N) is 1. The summed E-state index contributed by atoms with van der Waals surface area (Å²) in [5, 5.41) is 22.5. The van der Waals surface area contributed by atoms with E-state index in [1.165, 1.54) is 7.11 Å². The molecule has 1 unspecified atom stereocenters. The van der Waals surface area contributed by atoms with Crippen LogP contribution in [0.25, 0.3) is 0 Å². The predicted octanol–water partition coefficient (Wildman–Crippen LogP) is -0.202. The van der Waals surface area contributed by atoms with Crippen LogP contribution in [-0.2, 0) is 4.79 Å². The Morgan fingerprint density at radius 2 is 2.13 bits per heavy atom. The first-order valence-corrected chi connectivity index (χ1v) is 7.76. The number of carbonyl (C=O) groups excluding carboxylic acids is 1. The first-order valence-electron chi connectivity index (χ1n) is 7.76. The summed E-state index contributed by atoms with van der Waals surface area (Å²) in [5.74, 6) is 0.347. The lowest BCUT2D eigenvalue weighted by atomic mass is 10.0. The number of nitrogens with zero attached hydrogens (tertiary/aromatic N) is 2. The topological polar surface area (TPSA) is 85.3 Å². The fraction of sp³-hybridized carbons (Fsp3) is 0.562. The first kappa shape index (κ1) is 17.5. The van der Waals surface area contributed by atoms with Gasteiger partial charge in [0.1, 0.15) is 6.04 Å². The van der Waals surface area contributed by atoms with Gasteiger partial charge in [-0.05, 0) is 24.7 Å². The molecule has 1 aromatic rings. The van der Waals surface area contributed by atoms with Crippen molar-refractivity contribution in [1.82, 2.24) is 15.1 Å². The molecule has 0 spiro atoms. The lowest BCUT2D eigenvalue weighted by Crippen LogP contribution is -2.50. The summed E-state index contributed by atoms with van der Waals surface area (Å²) in [6.45, 7) is 3.19. The zero-order chi connectivity index (χ0) is 16.8. The lowest BCUT2D eigenvalue weighted by molar-refractivity contribution is -0.137. The molecular formula is C16H25N3O4. The number of carbonyl (C=O) groups is 1. The molecule has 1 amide bonds. The van der Waals surface area contributed by atoms with Crippen molar-refractivity contribution in [2.45, 2.75) is 6.04 Å². The van der Waals surface area contributed by atoms with Crippen molar-refractivity contribution in [2.24, 2.45) is 0 Å². The monoisotopic (exact) mass is 323 g/mol. The quantitative estimate of drug-likeness (QED) is 0.672. The van der Waals surface area contributed by atoms with Gasteiger partial charge in [-0.1, -0.05) is 6.07 Å². The van der Waals surface area contributed by atoms with E-state index in [0.717, 1.165) is 13.1 Å². The van der Waals surface area contributed by atoms with Crippen LogP contribution in [0.4, 0.5) is 0 Å². The van der Waals surface area contributed by atoms with Gasteiger partial charge in [0.2, 0.25) is 5.91 Å². The Morgan fingerprint density at radius 1 is 1.43 bits per heavy atom. The Balaban J connectivity index is 2.29. The van der Waals surface area contributed by atoms with Crippen LogP contribution in [0.15, 0.2) is 18.2 Å². The lowest BCUT2D eigenvalue weighted by Gasteiger charge is -2.34. The van der Waals surface area contributed by atoms with Gasteiger partial charge in [0.25, 0.3) is 0 Å². The molecule has 1 aliphatic rings. The molecule has 23 heavy (non-hydrogen) atoms.